The minimum absolute atomic E-state index is 0.0794. The molecule has 2 fully saturated rings. The van der Waals surface area contributed by atoms with E-state index >= 15 is 0 Å². The van der Waals surface area contributed by atoms with Crippen LogP contribution in [0, 0.1) is 34.5 Å². The molecule has 0 saturated heterocycles. The topological polar surface area (TPSA) is 63.6 Å². The van der Waals surface area contributed by atoms with Crippen LogP contribution in [0.2, 0.25) is 0 Å². The van der Waals surface area contributed by atoms with Crippen molar-refractivity contribution >= 4 is 21.7 Å². The fourth-order valence-electron chi connectivity index (χ4n) is 6.96. The second-order valence-corrected chi connectivity index (χ2v) is 12.9. The van der Waals surface area contributed by atoms with E-state index in [9.17, 15) is 13.5 Å². The third-order valence-electron chi connectivity index (χ3n) is 8.57. The Hall–Kier alpha value is -0.100. The second kappa shape index (κ2) is 8.11. The van der Waals surface area contributed by atoms with Gasteiger partial charge in [-0.1, -0.05) is 45.8 Å². The summed E-state index contributed by atoms with van der Waals surface area (Å²) < 4.78 is 28.8. The van der Waals surface area contributed by atoms with Gasteiger partial charge in [-0.15, -0.1) is 11.6 Å². The molecule has 6 atom stereocenters. The van der Waals surface area contributed by atoms with Crippen molar-refractivity contribution in [2.24, 2.45) is 34.5 Å². The van der Waals surface area contributed by atoms with E-state index in [4.69, 9.17) is 15.8 Å². The Labute approximate surface area is 182 Å². The Morgan fingerprint density at radius 1 is 1.31 bits per heavy atom. The van der Waals surface area contributed by atoms with Crippen molar-refractivity contribution in [1.29, 1.82) is 0 Å². The maximum Gasteiger partial charge on any atom is 0.264 e. The summed E-state index contributed by atoms with van der Waals surface area (Å²) in [5.41, 5.74) is 0.445. The van der Waals surface area contributed by atoms with E-state index in [0.717, 1.165) is 38.4 Å². The van der Waals surface area contributed by atoms with Gasteiger partial charge in [0.15, 0.2) is 0 Å². The van der Waals surface area contributed by atoms with Gasteiger partial charge < -0.3 is 5.11 Å². The molecule has 29 heavy (non-hydrogen) atoms. The maximum absolute atomic E-state index is 11.9. The van der Waals surface area contributed by atoms with Crippen LogP contribution in [0.3, 0.4) is 0 Å². The average Bonchev–Trinajstić information content (AvgIpc) is 2.62. The Morgan fingerprint density at radius 2 is 2.00 bits per heavy atom. The summed E-state index contributed by atoms with van der Waals surface area (Å²) >= 11 is 6.17. The molecule has 0 radical (unpaired) electrons. The van der Waals surface area contributed by atoms with Crippen molar-refractivity contribution in [3.05, 3.63) is 11.6 Å². The van der Waals surface area contributed by atoms with Gasteiger partial charge in [0.25, 0.3) is 10.1 Å². The standard InChI is InChI=1S/C23H39ClO4S/c1-16(2)17-7-8-18-19(13-17)23(25,11-12-24)14-20-21(3,15-28-29(5,26)27)9-6-10-22(18,20)4/h13,16,18-20,25H,6-12,14-15H2,1-5H3/t18-,19-,20-,21-,22+,23+/m0/s1. The van der Waals surface area contributed by atoms with Crippen LogP contribution >= 0.6 is 11.6 Å². The fourth-order valence-corrected chi connectivity index (χ4v) is 7.77. The molecular weight excluding hydrogens is 408 g/mol. The van der Waals surface area contributed by atoms with Crippen LogP contribution in [0.5, 0.6) is 0 Å². The molecule has 0 aromatic carbocycles. The van der Waals surface area contributed by atoms with Crippen molar-refractivity contribution < 1.29 is 17.7 Å². The lowest BCUT2D eigenvalue weighted by Gasteiger charge is -2.64. The van der Waals surface area contributed by atoms with Gasteiger partial charge in [0, 0.05) is 11.8 Å². The lowest BCUT2D eigenvalue weighted by Crippen LogP contribution is -2.62. The number of rotatable bonds is 6. The van der Waals surface area contributed by atoms with Crippen LogP contribution in [0.1, 0.15) is 72.6 Å². The third kappa shape index (κ3) is 4.44. The molecule has 0 aromatic heterocycles. The molecule has 2 saturated carbocycles. The van der Waals surface area contributed by atoms with Gasteiger partial charge in [0.05, 0.1) is 18.5 Å². The van der Waals surface area contributed by atoms with Crippen molar-refractivity contribution in [2.75, 3.05) is 18.7 Å². The minimum atomic E-state index is -3.49. The van der Waals surface area contributed by atoms with E-state index in [1.165, 1.54) is 5.57 Å². The van der Waals surface area contributed by atoms with Gasteiger partial charge in [0.1, 0.15) is 0 Å². The first-order valence-electron chi connectivity index (χ1n) is 11.2. The number of allylic oxidation sites excluding steroid dienone is 1. The molecule has 0 bridgehead atoms. The van der Waals surface area contributed by atoms with Gasteiger partial charge in [0.2, 0.25) is 0 Å². The number of halogens is 1. The minimum Gasteiger partial charge on any atom is -0.389 e. The van der Waals surface area contributed by atoms with Gasteiger partial charge in [-0.2, -0.15) is 8.42 Å². The molecule has 6 heteroatoms. The lowest BCUT2D eigenvalue weighted by atomic mass is 9.41. The van der Waals surface area contributed by atoms with E-state index in [1.54, 1.807) is 0 Å². The first-order chi connectivity index (χ1) is 13.3. The van der Waals surface area contributed by atoms with Crippen LogP contribution in [0.25, 0.3) is 0 Å². The Balaban J connectivity index is 2.01. The highest BCUT2D eigenvalue weighted by molar-refractivity contribution is 7.85. The predicted octanol–water partition coefficient (Wildman–Crippen LogP) is 5.15. The quantitative estimate of drug-likeness (QED) is 0.348. The summed E-state index contributed by atoms with van der Waals surface area (Å²) in [4.78, 5) is 0. The summed E-state index contributed by atoms with van der Waals surface area (Å²) in [6.07, 6.45) is 10.1. The second-order valence-electron chi connectivity index (χ2n) is 10.8. The summed E-state index contributed by atoms with van der Waals surface area (Å²) in [6, 6.07) is 0. The summed E-state index contributed by atoms with van der Waals surface area (Å²) in [6.45, 7) is 9.23. The molecule has 1 N–H and O–H groups in total. The predicted molar refractivity (Wildman–Crippen MR) is 118 cm³/mol. The van der Waals surface area contributed by atoms with E-state index in [1.807, 2.05) is 0 Å². The van der Waals surface area contributed by atoms with Crippen LogP contribution in [0.15, 0.2) is 11.6 Å². The van der Waals surface area contributed by atoms with Crippen molar-refractivity contribution in [1.82, 2.24) is 0 Å². The van der Waals surface area contributed by atoms with Gasteiger partial charge >= 0.3 is 0 Å². The number of hydrogen-bond acceptors (Lipinski definition) is 4. The SMILES string of the molecule is CC(C)C1=C[C@H]2[C@H](CC1)[C@@]1(C)CCC[C@@](C)(COS(C)(=O)=O)[C@@H]1C[C@]2(O)CCCl. The highest BCUT2D eigenvalue weighted by Gasteiger charge is 2.62. The van der Waals surface area contributed by atoms with Crippen molar-refractivity contribution in [3.8, 4) is 0 Å². The Bertz CT molecular complexity index is 748. The van der Waals surface area contributed by atoms with E-state index in [2.05, 4.69) is 33.8 Å². The van der Waals surface area contributed by atoms with Crippen molar-refractivity contribution in [3.63, 3.8) is 0 Å². The normalized spacial score (nSPS) is 42.9. The Morgan fingerprint density at radius 3 is 2.59 bits per heavy atom. The number of fused-ring (bicyclic) bond motifs is 3. The molecule has 0 aliphatic heterocycles. The number of aliphatic hydroxyl groups is 1. The van der Waals surface area contributed by atoms with E-state index < -0.39 is 15.7 Å². The molecule has 0 unspecified atom stereocenters. The molecule has 0 amide bonds. The van der Waals surface area contributed by atoms with Crippen molar-refractivity contribution in [2.45, 2.75) is 78.2 Å². The zero-order valence-electron chi connectivity index (χ0n) is 18.7. The first kappa shape index (κ1) is 23.6. The fraction of sp³-hybridized carbons (Fsp3) is 0.913. The summed E-state index contributed by atoms with van der Waals surface area (Å²) in [5, 5.41) is 11.9. The molecule has 3 aliphatic carbocycles. The number of hydrogen-bond donors (Lipinski definition) is 1. The van der Waals surface area contributed by atoms with Crippen LogP contribution < -0.4 is 0 Å². The molecule has 0 heterocycles. The lowest BCUT2D eigenvalue weighted by molar-refractivity contribution is -0.191. The molecular formula is C23H39ClO4S. The van der Waals surface area contributed by atoms with Crippen LogP contribution in [0.4, 0.5) is 0 Å². The largest absolute Gasteiger partial charge is 0.389 e. The highest BCUT2D eigenvalue weighted by Crippen LogP contribution is 2.66. The van der Waals surface area contributed by atoms with Gasteiger partial charge in [-0.05, 0) is 67.1 Å². The Kier molecular flexibility index (Phi) is 6.59. The number of alkyl halides is 1. The molecule has 4 nitrogen and oxygen atoms in total. The smallest absolute Gasteiger partial charge is 0.264 e. The molecule has 3 rings (SSSR count). The van der Waals surface area contributed by atoms with Gasteiger partial charge in [-0.3, -0.25) is 4.18 Å². The van der Waals surface area contributed by atoms with Crippen LogP contribution in [-0.2, 0) is 14.3 Å². The average molecular weight is 447 g/mol. The van der Waals surface area contributed by atoms with Crippen LogP contribution in [-0.4, -0.2) is 37.9 Å². The third-order valence-corrected chi connectivity index (χ3v) is 9.30. The zero-order valence-corrected chi connectivity index (χ0v) is 20.3. The van der Waals surface area contributed by atoms with E-state index in [-0.39, 0.29) is 29.3 Å². The molecule has 0 spiro atoms. The molecule has 3 aliphatic rings. The molecule has 168 valence electrons. The first-order valence-corrected chi connectivity index (χ1v) is 13.5. The highest BCUT2D eigenvalue weighted by atomic mass is 35.5. The van der Waals surface area contributed by atoms with E-state index in [0.29, 0.717) is 30.6 Å². The zero-order chi connectivity index (χ0) is 21.7. The monoisotopic (exact) mass is 446 g/mol. The summed E-state index contributed by atoms with van der Waals surface area (Å²) in [7, 11) is -3.49. The van der Waals surface area contributed by atoms with Gasteiger partial charge in [-0.25, -0.2) is 0 Å². The molecule has 0 aromatic rings. The summed E-state index contributed by atoms with van der Waals surface area (Å²) in [5.74, 6) is 1.68. The maximum atomic E-state index is 11.9.